The summed E-state index contributed by atoms with van der Waals surface area (Å²) in [6.45, 7) is 5.41. The number of anilines is 1. The third-order valence-corrected chi connectivity index (χ3v) is 5.48. The zero-order valence-corrected chi connectivity index (χ0v) is 18.6. The van der Waals surface area contributed by atoms with Gasteiger partial charge >= 0.3 is 0 Å². The molecule has 8 heteroatoms. The van der Waals surface area contributed by atoms with Crippen LogP contribution in [0.1, 0.15) is 32.9 Å². The second-order valence-corrected chi connectivity index (χ2v) is 7.97. The molecule has 2 N–H and O–H groups in total. The molecule has 0 radical (unpaired) electrons. The zero-order valence-electron chi connectivity index (χ0n) is 18.6. The van der Waals surface area contributed by atoms with Gasteiger partial charge in [0.15, 0.2) is 0 Å². The maximum atomic E-state index is 13.1. The van der Waals surface area contributed by atoms with Gasteiger partial charge in [0.2, 0.25) is 5.91 Å². The van der Waals surface area contributed by atoms with Gasteiger partial charge in [-0.1, -0.05) is 12.1 Å². The van der Waals surface area contributed by atoms with Crippen molar-refractivity contribution in [2.45, 2.75) is 20.4 Å². The molecule has 33 heavy (non-hydrogen) atoms. The number of carbonyl (C=O) groups is 2. The Balaban J connectivity index is 1.71. The van der Waals surface area contributed by atoms with E-state index in [9.17, 15) is 14.9 Å². The Kier molecular flexibility index (Phi) is 6.43. The fourth-order valence-corrected chi connectivity index (χ4v) is 3.73. The highest BCUT2D eigenvalue weighted by molar-refractivity contribution is 6.01. The number of aromatic nitrogens is 2. The smallest absolute Gasteiger partial charge is 0.251 e. The maximum absolute atomic E-state index is 13.1. The van der Waals surface area contributed by atoms with Crippen LogP contribution in [0.2, 0.25) is 0 Å². The first-order valence-electron chi connectivity index (χ1n) is 10.7. The monoisotopic (exact) mass is 440 g/mol. The summed E-state index contributed by atoms with van der Waals surface area (Å²) in [7, 11) is 0. The molecule has 0 unspecified atom stereocenters. The first-order valence-corrected chi connectivity index (χ1v) is 10.7. The molecule has 2 amide bonds. The van der Waals surface area contributed by atoms with Crippen LogP contribution in [0.4, 0.5) is 5.69 Å². The van der Waals surface area contributed by atoms with Crippen molar-refractivity contribution in [3.8, 4) is 17.2 Å². The number of nitrogens with one attached hydrogen (secondary N) is 2. The molecule has 0 atom stereocenters. The summed E-state index contributed by atoms with van der Waals surface area (Å²) in [6, 6.07) is 13.2. The van der Waals surface area contributed by atoms with E-state index in [4.69, 9.17) is 0 Å². The highest BCUT2D eigenvalue weighted by Gasteiger charge is 2.22. The van der Waals surface area contributed by atoms with Gasteiger partial charge in [0, 0.05) is 48.8 Å². The average Bonchev–Trinajstić information content (AvgIpc) is 2.83. The summed E-state index contributed by atoms with van der Waals surface area (Å²) >= 11 is 0. The molecule has 1 aliphatic heterocycles. The molecule has 0 bridgehead atoms. The SMILES string of the molecule is Cc1ccc(-c2cc(C(=O)NCc3cnc(C)nc3)cc(N3CCNCC3=O)c2)c(C#N)c1. The van der Waals surface area contributed by atoms with Gasteiger partial charge in [0.25, 0.3) is 5.91 Å². The number of benzene rings is 2. The van der Waals surface area contributed by atoms with E-state index in [0.29, 0.717) is 46.9 Å². The molecule has 0 aliphatic carbocycles. The van der Waals surface area contributed by atoms with Crippen LogP contribution in [-0.4, -0.2) is 41.4 Å². The quantitative estimate of drug-likeness (QED) is 0.631. The van der Waals surface area contributed by atoms with Gasteiger partial charge in [-0.25, -0.2) is 9.97 Å². The van der Waals surface area contributed by atoms with Crippen LogP contribution in [0.15, 0.2) is 48.8 Å². The molecule has 1 aromatic heterocycles. The van der Waals surface area contributed by atoms with Crippen molar-refractivity contribution in [1.29, 1.82) is 5.26 Å². The number of piperazine rings is 1. The molecule has 1 saturated heterocycles. The highest BCUT2D eigenvalue weighted by Crippen LogP contribution is 2.30. The fourth-order valence-electron chi connectivity index (χ4n) is 3.73. The summed E-state index contributed by atoms with van der Waals surface area (Å²) in [5, 5.41) is 15.6. The van der Waals surface area contributed by atoms with E-state index in [0.717, 1.165) is 11.1 Å². The molecule has 2 aromatic carbocycles. The van der Waals surface area contributed by atoms with Crippen molar-refractivity contribution >= 4 is 17.5 Å². The first-order chi connectivity index (χ1) is 15.9. The normalized spacial score (nSPS) is 13.5. The van der Waals surface area contributed by atoms with Crippen molar-refractivity contribution in [3.05, 3.63) is 76.9 Å². The second kappa shape index (κ2) is 9.59. The third-order valence-electron chi connectivity index (χ3n) is 5.48. The Hall–Kier alpha value is -4.09. The molecule has 8 nitrogen and oxygen atoms in total. The van der Waals surface area contributed by atoms with Crippen molar-refractivity contribution in [2.75, 3.05) is 24.5 Å². The van der Waals surface area contributed by atoms with Gasteiger partial charge in [-0.05, 0) is 54.8 Å². The second-order valence-electron chi connectivity index (χ2n) is 7.97. The lowest BCUT2D eigenvalue weighted by atomic mass is 9.96. The van der Waals surface area contributed by atoms with Gasteiger partial charge in [-0.15, -0.1) is 0 Å². The predicted molar refractivity (Wildman–Crippen MR) is 124 cm³/mol. The predicted octanol–water partition coefficient (Wildman–Crippen LogP) is 2.50. The lowest BCUT2D eigenvalue weighted by Gasteiger charge is -2.28. The van der Waals surface area contributed by atoms with Crippen LogP contribution >= 0.6 is 0 Å². The summed E-state index contributed by atoms with van der Waals surface area (Å²) in [5.74, 6) is 0.312. The first kappa shape index (κ1) is 22.1. The van der Waals surface area contributed by atoms with Crippen LogP contribution in [0.5, 0.6) is 0 Å². The van der Waals surface area contributed by atoms with E-state index in [1.54, 1.807) is 36.4 Å². The van der Waals surface area contributed by atoms with Gasteiger partial charge in [0.1, 0.15) is 5.82 Å². The number of amides is 2. The van der Waals surface area contributed by atoms with E-state index >= 15 is 0 Å². The third kappa shape index (κ3) is 5.05. The maximum Gasteiger partial charge on any atom is 0.251 e. The number of aryl methyl sites for hydroxylation is 2. The van der Waals surface area contributed by atoms with Crippen molar-refractivity contribution < 1.29 is 9.59 Å². The van der Waals surface area contributed by atoms with Gasteiger partial charge in [0.05, 0.1) is 18.2 Å². The summed E-state index contributed by atoms with van der Waals surface area (Å²) in [4.78, 5) is 35.6. The van der Waals surface area contributed by atoms with E-state index in [-0.39, 0.29) is 24.9 Å². The Morgan fingerprint density at radius 2 is 1.97 bits per heavy atom. The largest absolute Gasteiger partial charge is 0.348 e. The number of hydrogen-bond donors (Lipinski definition) is 2. The number of hydrogen-bond acceptors (Lipinski definition) is 6. The topological polar surface area (TPSA) is 111 Å². The minimum Gasteiger partial charge on any atom is -0.348 e. The number of nitriles is 1. The molecule has 1 aliphatic rings. The fraction of sp³-hybridized carbons (Fsp3) is 0.240. The van der Waals surface area contributed by atoms with Gasteiger partial charge in [-0.2, -0.15) is 5.26 Å². The standard InChI is InChI=1S/C25H24N6O2/c1-16-3-4-23(21(7-16)11-26)19-8-20(10-22(9-19)31-6-5-27-15-24(31)32)25(33)30-14-18-12-28-17(2)29-13-18/h3-4,7-10,12-13,27H,5-6,14-15H2,1-2H3,(H,30,33). The zero-order chi connectivity index (χ0) is 23.4. The molecule has 0 spiro atoms. The van der Waals surface area contributed by atoms with Crippen LogP contribution in [0, 0.1) is 25.2 Å². The van der Waals surface area contributed by atoms with E-state index < -0.39 is 0 Å². The van der Waals surface area contributed by atoms with Crippen LogP contribution in [-0.2, 0) is 11.3 Å². The molecule has 2 heterocycles. The van der Waals surface area contributed by atoms with E-state index in [1.165, 1.54) is 0 Å². The number of carbonyl (C=O) groups excluding carboxylic acids is 2. The van der Waals surface area contributed by atoms with Crippen LogP contribution in [0.3, 0.4) is 0 Å². The van der Waals surface area contributed by atoms with E-state index in [2.05, 4.69) is 26.7 Å². The lowest BCUT2D eigenvalue weighted by molar-refractivity contribution is -0.118. The molecule has 0 saturated carbocycles. The van der Waals surface area contributed by atoms with Crippen LogP contribution < -0.4 is 15.5 Å². The molecular weight excluding hydrogens is 416 g/mol. The average molecular weight is 441 g/mol. The van der Waals surface area contributed by atoms with Crippen LogP contribution in [0.25, 0.3) is 11.1 Å². The number of rotatable bonds is 5. The minimum atomic E-state index is -0.285. The lowest BCUT2D eigenvalue weighted by Crippen LogP contribution is -2.48. The van der Waals surface area contributed by atoms with Crippen molar-refractivity contribution in [1.82, 2.24) is 20.6 Å². The Morgan fingerprint density at radius 1 is 1.18 bits per heavy atom. The van der Waals surface area contributed by atoms with E-state index in [1.807, 2.05) is 31.2 Å². The minimum absolute atomic E-state index is 0.0639. The highest BCUT2D eigenvalue weighted by atomic mass is 16.2. The molecule has 1 fully saturated rings. The van der Waals surface area contributed by atoms with Gasteiger partial charge < -0.3 is 15.5 Å². The Morgan fingerprint density at radius 3 is 2.70 bits per heavy atom. The molecule has 4 rings (SSSR count). The Labute approximate surface area is 192 Å². The van der Waals surface area contributed by atoms with Crippen molar-refractivity contribution in [2.24, 2.45) is 0 Å². The molecule has 166 valence electrons. The summed E-state index contributed by atoms with van der Waals surface area (Å²) < 4.78 is 0. The number of nitrogens with zero attached hydrogens (tertiary/aromatic N) is 4. The van der Waals surface area contributed by atoms with Gasteiger partial charge in [-0.3, -0.25) is 9.59 Å². The Bertz CT molecular complexity index is 1250. The molecular formula is C25H24N6O2. The summed E-state index contributed by atoms with van der Waals surface area (Å²) in [5.41, 5.74) is 4.74. The van der Waals surface area contributed by atoms with Crippen molar-refractivity contribution in [3.63, 3.8) is 0 Å². The molecule has 3 aromatic rings. The summed E-state index contributed by atoms with van der Waals surface area (Å²) in [6.07, 6.45) is 3.35.